The molecule has 0 spiro atoms. The molecule has 1 aromatic carbocycles. The predicted octanol–water partition coefficient (Wildman–Crippen LogP) is 1.57. The highest BCUT2D eigenvalue weighted by atomic mass is 32.2. The summed E-state index contributed by atoms with van der Waals surface area (Å²) in [6.45, 7) is 0.0688. The van der Waals surface area contributed by atoms with Gasteiger partial charge < -0.3 is 4.74 Å². The van der Waals surface area contributed by atoms with E-state index in [9.17, 15) is 12.8 Å². The van der Waals surface area contributed by atoms with E-state index in [1.165, 1.54) is 31.4 Å². The fraction of sp³-hybridized carbons (Fsp3) is 0.154. The maximum atomic E-state index is 13.5. The summed E-state index contributed by atoms with van der Waals surface area (Å²) in [5.41, 5.74) is 0.634. The van der Waals surface area contributed by atoms with Crippen LogP contribution in [-0.2, 0) is 16.8 Å². The van der Waals surface area contributed by atoms with Crippen molar-refractivity contribution in [3.05, 3.63) is 54.0 Å². The van der Waals surface area contributed by atoms with Gasteiger partial charge in [0, 0.05) is 25.9 Å². The zero-order valence-electron chi connectivity index (χ0n) is 11.2. The first-order valence-corrected chi connectivity index (χ1v) is 7.54. The summed E-state index contributed by atoms with van der Waals surface area (Å²) in [4.78, 5) is 3.96. The third-order valence-electron chi connectivity index (χ3n) is 2.59. The SMILES string of the molecule is CNS(=O)(=O)NCc1ccnc(Oc2ccccc2F)c1. The highest BCUT2D eigenvalue weighted by Gasteiger charge is 2.08. The summed E-state index contributed by atoms with van der Waals surface area (Å²) in [5.74, 6) is -0.264. The molecule has 2 aromatic rings. The van der Waals surface area contributed by atoms with Gasteiger partial charge in [0.2, 0.25) is 5.88 Å². The van der Waals surface area contributed by atoms with Crippen LogP contribution in [0.25, 0.3) is 0 Å². The predicted molar refractivity (Wildman–Crippen MR) is 75.5 cm³/mol. The van der Waals surface area contributed by atoms with Gasteiger partial charge in [0.05, 0.1) is 0 Å². The Bertz CT molecular complexity index is 722. The summed E-state index contributed by atoms with van der Waals surface area (Å²) in [7, 11) is -2.21. The molecule has 0 amide bonds. The van der Waals surface area contributed by atoms with Gasteiger partial charge in [0.15, 0.2) is 11.6 Å². The number of nitrogens with zero attached hydrogens (tertiary/aromatic N) is 1. The number of pyridine rings is 1. The van der Waals surface area contributed by atoms with Crippen molar-refractivity contribution in [1.82, 2.24) is 14.4 Å². The number of hydrogen-bond donors (Lipinski definition) is 2. The second kappa shape index (κ2) is 6.61. The first-order valence-electron chi connectivity index (χ1n) is 6.05. The van der Waals surface area contributed by atoms with E-state index in [4.69, 9.17) is 4.74 Å². The third kappa shape index (κ3) is 4.48. The fourth-order valence-corrected chi connectivity index (χ4v) is 2.01. The van der Waals surface area contributed by atoms with Crippen LogP contribution in [0, 0.1) is 5.82 Å². The molecule has 8 heteroatoms. The molecule has 0 aliphatic heterocycles. The molecule has 0 aliphatic carbocycles. The second-order valence-electron chi connectivity index (χ2n) is 4.06. The zero-order valence-corrected chi connectivity index (χ0v) is 12.0. The van der Waals surface area contributed by atoms with E-state index in [1.54, 1.807) is 18.2 Å². The molecule has 1 aromatic heterocycles. The van der Waals surface area contributed by atoms with Gasteiger partial charge in [-0.1, -0.05) is 12.1 Å². The van der Waals surface area contributed by atoms with Crippen molar-refractivity contribution in [2.75, 3.05) is 7.05 Å². The molecule has 0 fully saturated rings. The Hall–Kier alpha value is -2.03. The van der Waals surface area contributed by atoms with Gasteiger partial charge >= 0.3 is 0 Å². The van der Waals surface area contributed by atoms with Crippen molar-refractivity contribution in [3.8, 4) is 11.6 Å². The maximum Gasteiger partial charge on any atom is 0.276 e. The van der Waals surface area contributed by atoms with Crippen LogP contribution in [0.5, 0.6) is 11.6 Å². The lowest BCUT2D eigenvalue weighted by Crippen LogP contribution is -2.33. The van der Waals surface area contributed by atoms with E-state index in [-0.39, 0.29) is 18.2 Å². The van der Waals surface area contributed by atoms with Gasteiger partial charge in [0.1, 0.15) is 0 Å². The number of halogens is 1. The molecule has 0 unspecified atom stereocenters. The minimum Gasteiger partial charge on any atom is -0.436 e. The van der Waals surface area contributed by atoms with Crippen LogP contribution in [0.3, 0.4) is 0 Å². The van der Waals surface area contributed by atoms with Crippen molar-refractivity contribution < 1.29 is 17.5 Å². The Morgan fingerprint density at radius 1 is 1.29 bits per heavy atom. The number of para-hydroxylation sites is 1. The van der Waals surface area contributed by atoms with Gasteiger partial charge in [-0.25, -0.2) is 14.1 Å². The molecule has 0 saturated carbocycles. The van der Waals surface area contributed by atoms with Crippen LogP contribution in [-0.4, -0.2) is 20.4 Å². The molecule has 0 bridgehead atoms. The van der Waals surface area contributed by atoms with Crippen molar-refractivity contribution in [2.24, 2.45) is 0 Å². The second-order valence-corrected chi connectivity index (χ2v) is 5.77. The van der Waals surface area contributed by atoms with E-state index in [2.05, 4.69) is 14.4 Å². The number of nitrogens with one attached hydrogen (secondary N) is 2. The number of rotatable bonds is 6. The molecule has 2 rings (SSSR count). The Balaban J connectivity index is 2.10. The van der Waals surface area contributed by atoms with E-state index in [0.717, 1.165) is 0 Å². The van der Waals surface area contributed by atoms with Crippen LogP contribution in [0.4, 0.5) is 4.39 Å². The lowest BCUT2D eigenvalue weighted by atomic mass is 10.3. The summed E-state index contributed by atoms with van der Waals surface area (Å²) < 4.78 is 45.8. The van der Waals surface area contributed by atoms with Crippen LogP contribution in [0.15, 0.2) is 42.6 Å². The average molecular weight is 311 g/mol. The highest BCUT2D eigenvalue weighted by Crippen LogP contribution is 2.22. The first-order chi connectivity index (χ1) is 10.00. The number of hydrogen-bond acceptors (Lipinski definition) is 4. The molecule has 21 heavy (non-hydrogen) atoms. The van der Waals surface area contributed by atoms with Gasteiger partial charge in [-0.3, -0.25) is 0 Å². The fourth-order valence-electron chi connectivity index (χ4n) is 1.51. The first kappa shape index (κ1) is 15.4. The Kier molecular flexibility index (Phi) is 4.84. The summed E-state index contributed by atoms with van der Waals surface area (Å²) >= 11 is 0. The van der Waals surface area contributed by atoms with Gasteiger partial charge in [-0.05, 0) is 23.8 Å². The van der Waals surface area contributed by atoms with E-state index in [0.29, 0.717) is 5.56 Å². The largest absolute Gasteiger partial charge is 0.436 e. The lowest BCUT2D eigenvalue weighted by molar-refractivity contribution is 0.427. The Labute approximate surface area is 122 Å². The summed E-state index contributed by atoms with van der Waals surface area (Å²) in [5, 5.41) is 0. The van der Waals surface area contributed by atoms with Gasteiger partial charge in [-0.15, -0.1) is 0 Å². The molecule has 6 nitrogen and oxygen atoms in total. The van der Waals surface area contributed by atoms with E-state index >= 15 is 0 Å². The normalized spacial score (nSPS) is 11.3. The van der Waals surface area contributed by atoms with E-state index in [1.807, 2.05) is 0 Å². The van der Waals surface area contributed by atoms with Crippen molar-refractivity contribution in [1.29, 1.82) is 0 Å². The minimum atomic E-state index is -3.52. The highest BCUT2D eigenvalue weighted by molar-refractivity contribution is 7.87. The smallest absolute Gasteiger partial charge is 0.276 e. The van der Waals surface area contributed by atoms with Crippen LogP contribution in [0.1, 0.15) is 5.56 Å². The van der Waals surface area contributed by atoms with Crippen molar-refractivity contribution >= 4 is 10.2 Å². The molecule has 0 saturated heterocycles. The summed E-state index contributed by atoms with van der Waals surface area (Å²) in [6.07, 6.45) is 1.46. The van der Waals surface area contributed by atoms with E-state index < -0.39 is 16.0 Å². The van der Waals surface area contributed by atoms with Crippen molar-refractivity contribution in [3.63, 3.8) is 0 Å². The Morgan fingerprint density at radius 3 is 2.76 bits per heavy atom. The van der Waals surface area contributed by atoms with Gasteiger partial charge in [0.25, 0.3) is 10.2 Å². The molecular formula is C13H14FN3O3S. The molecule has 1 heterocycles. The van der Waals surface area contributed by atoms with Crippen LogP contribution in [0.2, 0.25) is 0 Å². The number of ether oxygens (including phenoxy) is 1. The molecule has 112 valence electrons. The van der Waals surface area contributed by atoms with Crippen LogP contribution >= 0.6 is 0 Å². The molecule has 2 N–H and O–H groups in total. The Morgan fingerprint density at radius 2 is 2.05 bits per heavy atom. The molecule has 0 aliphatic rings. The topological polar surface area (TPSA) is 80.3 Å². The quantitative estimate of drug-likeness (QED) is 0.848. The zero-order chi connectivity index (χ0) is 15.3. The number of benzene rings is 1. The average Bonchev–Trinajstić information content (AvgIpc) is 2.48. The van der Waals surface area contributed by atoms with Gasteiger partial charge in [-0.2, -0.15) is 13.1 Å². The van der Waals surface area contributed by atoms with Crippen LogP contribution < -0.4 is 14.2 Å². The van der Waals surface area contributed by atoms with Crippen molar-refractivity contribution in [2.45, 2.75) is 6.54 Å². The third-order valence-corrected chi connectivity index (χ3v) is 3.65. The lowest BCUT2D eigenvalue weighted by Gasteiger charge is -2.08. The monoisotopic (exact) mass is 311 g/mol. The summed E-state index contributed by atoms with van der Waals surface area (Å²) in [6, 6.07) is 9.12. The maximum absolute atomic E-state index is 13.5. The standard InChI is InChI=1S/C13H14FN3O3S/c1-15-21(18,19)17-9-10-6-7-16-13(8-10)20-12-5-3-2-4-11(12)14/h2-8,15,17H,9H2,1H3. The minimum absolute atomic E-state index is 0.0537. The molecular weight excluding hydrogens is 297 g/mol. The number of aromatic nitrogens is 1. The molecule has 0 atom stereocenters. The molecule has 0 radical (unpaired) electrons.